The summed E-state index contributed by atoms with van der Waals surface area (Å²) in [4.78, 5) is 11.9. The molecule has 0 unspecified atom stereocenters. The third-order valence-corrected chi connectivity index (χ3v) is 3.54. The summed E-state index contributed by atoms with van der Waals surface area (Å²) < 4.78 is 0.953. The lowest BCUT2D eigenvalue weighted by atomic mass is 10.3. The molecule has 0 saturated heterocycles. The Hall–Kier alpha value is -0.860. The number of rotatable bonds is 2. The van der Waals surface area contributed by atoms with Gasteiger partial charge in [-0.3, -0.25) is 4.79 Å². The van der Waals surface area contributed by atoms with Crippen LogP contribution in [0.15, 0.2) is 9.85 Å². The van der Waals surface area contributed by atoms with Crippen molar-refractivity contribution >= 4 is 33.2 Å². The molecule has 0 radical (unpaired) electrons. The molecule has 1 aromatic rings. The van der Waals surface area contributed by atoms with Crippen LogP contribution in [0.2, 0.25) is 0 Å². The fourth-order valence-electron chi connectivity index (χ4n) is 0.779. The number of amides is 1. The molecule has 1 aromatic heterocycles. The largest absolute Gasteiger partial charge is 0.338 e. The van der Waals surface area contributed by atoms with Gasteiger partial charge in [-0.05, 0) is 34.5 Å². The summed E-state index contributed by atoms with van der Waals surface area (Å²) in [5, 5.41) is 10.7. The second-order valence-electron chi connectivity index (χ2n) is 2.41. The minimum atomic E-state index is -0.194. The molecule has 0 spiro atoms. The molecule has 0 aliphatic rings. The maximum Gasteiger partial charge on any atom is 0.262 e. The smallest absolute Gasteiger partial charge is 0.262 e. The van der Waals surface area contributed by atoms with Crippen LogP contribution in [0.4, 0.5) is 0 Å². The number of nitrogens with one attached hydrogen (secondary N) is 1. The average molecular weight is 259 g/mol. The van der Waals surface area contributed by atoms with E-state index in [1.807, 2.05) is 13.0 Å². The van der Waals surface area contributed by atoms with Gasteiger partial charge in [-0.2, -0.15) is 5.26 Å². The van der Waals surface area contributed by atoms with Gasteiger partial charge in [-0.15, -0.1) is 11.3 Å². The van der Waals surface area contributed by atoms with Gasteiger partial charge in [-0.1, -0.05) is 0 Å². The van der Waals surface area contributed by atoms with Crippen molar-refractivity contribution in [1.29, 1.82) is 5.26 Å². The van der Waals surface area contributed by atoms with Gasteiger partial charge in [0.05, 0.1) is 14.7 Å². The first-order valence-corrected chi connectivity index (χ1v) is 5.17. The molecular weight excluding hydrogens is 252 g/mol. The van der Waals surface area contributed by atoms with Crippen LogP contribution in [0.5, 0.6) is 0 Å². The van der Waals surface area contributed by atoms with Crippen LogP contribution in [-0.4, -0.2) is 12.5 Å². The highest BCUT2D eigenvalue weighted by Crippen LogP contribution is 2.26. The predicted molar refractivity (Wildman–Crippen MR) is 54.7 cm³/mol. The lowest BCUT2D eigenvalue weighted by Crippen LogP contribution is -2.22. The highest BCUT2D eigenvalue weighted by Gasteiger charge is 2.09. The predicted octanol–water partition coefficient (Wildman–Crippen LogP) is 2.07. The van der Waals surface area contributed by atoms with Crippen LogP contribution in [0.25, 0.3) is 0 Å². The molecule has 0 aromatic carbocycles. The Balaban J connectivity index is 2.73. The molecule has 0 bridgehead atoms. The number of hydrogen-bond acceptors (Lipinski definition) is 3. The molecule has 1 heterocycles. The van der Waals surface area contributed by atoms with E-state index in [2.05, 4.69) is 21.2 Å². The minimum absolute atomic E-state index is 0.0490. The number of carbonyl (C=O) groups excluding carboxylic acids is 1. The maximum absolute atomic E-state index is 11.3. The van der Waals surface area contributed by atoms with Crippen molar-refractivity contribution in [2.45, 2.75) is 6.92 Å². The standard InChI is InChI=1S/C8H7BrN2OS/c1-5-4-6(13-7(5)9)8(12)11-3-2-10/h4H,3H2,1H3,(H,11,12). The van der Waals surface area contributed by atoms with Crippen molar-refractivity contribution in [3.8, 4) is 6.07 Å². The summed E-state index contributed by atoms with van der Waals surface area (Å²) in [6.45, 7) is 1.97. The van der Waals surface area contributed by atoms with Crippen LogP contribution >= 0.6 is 27.3 Å². The van der Waals surface area contributed by atoms with Crippen molar-refractivity contribution in [3.05, 3.63) is 20.3 Å². The van der Waals surface area contributed by atoms with E-state index < -0.39 is 0 Å². The SMILES string of the molecule is Cc1cc(C(=O)NCC#N)sc1Br. The number of halogens is 1. The Morgan fingerprint density at radius 3 is 3.00 bits per heavy atom. The molecule has 1 amide bonds. The van der Waals surface area contributed by atoms with Gasteiger partial charge in [-0.25, -0.2) is 0 Å². The first-order chi connectivity index (χ1) is 6.15. The topological polar surface area (TPSA) is 52.9 Å². The summed E-state index contributed by atoms with van der Waals surface area (Å²) in [6, 6.07) is 3.64. The summed E-state index contributed by atoms with van der Waals surface area (Å²) in [6.07, 6.45) is 0. The zero-order valence-corrected chi connectivity index (χ0v) is 9.33. The maximum atomic E-state index is 11.3. The number of carbonyl (C=O) groups is 1. The first-order valence-electron chi connectivity index (χ1n) is 3.56. The highest BCUT2D eigenvalue weighted by atomic mass is 79.9. The first kappa shape index (κ1) is 10.2. The molecule has 68 valence electrons. The average Bonchev–Trinajstić information content (AvgIpc) is 2.43. The van der Waals surface area contributed by atoms with Crippen LogP contribution in [0, 0.1) is 18.3 Å². The Labute approximate surface area is 88.5 Å². The lowest BCUT2D eigenvalue weighted by molar-refractivity contribution is 0.0962. The number of aryl methyl sites for hydroxylation is 1. The molecule has 5 heteroatoms. The van der Waals surface area contributed by atoms with E-state index in [1.54, 1.807) is 6.07 Å². The Bertz CT molecular complexity index is 347. The normalized spacial score (nSPS) is 9.31. The Kier molecular flexibility index (Phi) is 3.46. The van der Waals surface area contributed by atoms with Crippen LogP contribution in [-0.2, 0) is 0 Å². The summed E-state index contributed by atoms with van der Waals surface area (Å²) in [5.74, 6) is -0.194. The number of thiophene rings is 1. The number of hydrogen-bond donors (Lipinski definition) is 1. The number of nitriles is 1. The zero-order valence-electron chi connectivity index (χ0n) is 6.93. The highest BCUT2D eigenvalue weighted by molar-refractivity contribution is 9.11. The zero-order chi connectivity index (χ0) is 9.84. The van der Waals surface area contributed by atoms with Gasteiger partial charge in [0.15, 0.2) is 0 Å². The third kappa shape index (κ3) is 2.54. The van der Waals surface area contributed by atoms with E-state index in [-0.39, 0.29) is 12.5 Å². The van der Waals surface area contributed by atoms with E-state index in [9.17, 15) is 4.79 Å². The molecule has 0 atom stereocenters. The molecule has 0 aliphatic carbocycles. The van der Waals surface area contributed by atoms with Gasteiger partial charge in [0.25, 0.3) is 5.91 Å². The molecule has 0 fully saturated rings. The Morgan fingerprint density at radius 1 is 1.85 bits per heavy atom. The second kappa shape index (κ2) is 4.40. The molecule has 13 heavy (non-hydrogen) atoms. The Morgan fingerprint density at radius 2 is 2.54 bits per heavy atom. The van der Waals surface area contributed by atoms with E-state index in [0.717, 1.165) is 9.35 Å². The second-order valence-corrected chi connectivity index (χ2v) is 4.78. The van der Waals surface area contributed by atoms with Gasteiger partial charge in [0, 0.05) is 0 Å². The minimum Gasteiger partial charge on any atom is -0.338 e. The third-order valence-electron chi connectivity index (χ3n) is 1.41. The quantitative estimate of drug-likeness (QED) is 0.826. The van der Waals surface area contributed by atoms with Crippen LogP contribution in [0.3, 0.4) is 0 Å². The van der Waals surface area contributed by atoms with Crippen molar-refractivity contribution in [3.63, 3.8) is 0 Å². The number of nitrogens with zero attached hydrogens (tertiary/aromatic N) is 1. The van der Waals surface area contributed by atoms with Gasteiger partial charge in [0.2, 0.25) is 0 Å². The van der Waals surface area contributed by atoms with E-state index in [0.29, 0.717) is 4.88 Å². The van der Waals surface area contributed by atoms with E-state index in [1.165, 1.54) is 11.3 Å². The fourth-order valence-corrected chi connectivity index (χ4v) is 2.23. The van der Waals surface area contributed by atoms with Crippen LogP contribution in [0.1, 0.15) is 15.2 Å². The van der Waals surface area contributed by atoms with Crippen molar-refractivity contribution < 1.29 is 4.79 Å². The van der Waals surface area contributed by atoms with Crippen molar-refractivity contribution in [2.24, 2.45) is 0 Å². The van der Waals surface area contributed by atoms with Gasteiger partial charge in [0.1, 0.15) is 6.54 Å². The molecule has 1 rings (SSSR count). The summed E-state index contributed by atoms with van der Waals surface area (Å²) in [7, 11) is 0. The molecule has 1 N–H and O–H groups in total. The van der Waals surface area contributed by atoms with Crippen LogP contribution < -0.4 is 5.32 Å². The molecule has 0 aliphatic heterocycles. The monoisotopic (exact) mass is 258 g/mol. The molecular formula is C8H7BrN2OS. The van der Waals surface area contributed by atoms with Gasteiger partial charge < -0.3 is 5.32 Å². The lowest BCUT2D eigenvalue weighted by Gasteiger charge is -1.94. The van der Waals surface area contributed by atoms with E-state index >= 15 is 0 Å². The van der Waals surface area contributed by atoms with Crippen molar-refractivity contribution in [1.82, 2.24) is 5.32 Å². The van der Waals surface area contributed by atoms with Crippen molar-refractivity contribution in [2.75, 3.05) is 6.54 Å². The van der Waals surface area contributed by atoms with Gasteiger partial charge >= 0.3 is 0 Å². The fraction of sp³-hybridized carbons (Fsp3) is 0.250. The molecule has 3 nitrogen and oxygen atoms in total. The summed E-state index contributed by atoms with van der Waals surface area (Å²) >= 11 is 4.69. The summed E-state index contributed by atoms with van der Waals surface area (Å²) in [5.41, 5.74) is 1.03. The molecule has 0 saturated carbocycles. The van der Waals surface area contributed by atoms with E-state index in [4.69, 9.17) is 5.26 Å².